The van der Waals surface area contributed by atoms with Crippen molar-refractivity contribution in [1.82, 2.24) is 24.5 Å². The van der Waals surface area contributed by atoms with Gasteiger partial charge >= 0.3 is 0 Å². The van der Waals surface area contributed by atoms with Gasteiger partial charge in [0.25, 0.3) is 5.91 Å². The molecule has 4 rings (SSSR count). The Labute approximate surface area is 144 Å². The van der Waals surface area contributed by atoms with E-state index in [-0.39, 0.29) is 5.91 Å². The first kappa shape index (κ1) is 15.1. The molecule has 0 unspecified atom stereocenters. The van der Waals surface area contributed by atoms with Gasteiger partial charge in [0.15, 0.2) is 0 Å². The van der Waals surface area contributed by atoms with Crippen molar-refractivity contribution in [2.45, 2.75) is 13.1 Å². The second-order valence-electron chi connectivity index (χ2n) is 5.81. The third kappa shape index (κ3) is 3.28. The number of pyridine rings is 1. The van der Waals surface area contributed by atoms with Crippen LogP contribution in [0.1, 0.15) is 21.5 Å². The third-order valence-corrected chi connectivity index (χ3v) is 4.09. The van der Waals surface area contributed by atoms with Crippen molar-refractivity contribution in [1.29, 1.82) is 0 Å². The summed E-state index contributed by atoms with van der Waals surface area (Å²) in [6, 6.07) is 13.5. The predicted octanol–water partition coefficient (Wildman–Crippen LogP) is 2.51. The maximum absolute atomic E-state index is 12.4. The zero-order valence-corrected chi connectivity index (χ0v) is 13.5. The van der Waals surface area contributed by atoms with Crippen molar-refractivity contribution in [3.05, 3.63) is 90.3 Å². The fourth-order valence-corrected chi connectivity index (χ4v) is 2.75. The molecule has 0 fully saturated rings. The van der Waals surface area contributed by atoms with E-state index in [9.17, 15) is 4.79 Å². The molecular formula is C19H17N5O. The van der Waals surface area contributed by atoms with Gasteiger partial charge in [0, 0.05) is 42.8 Å². The fraction of sp³-hybridized carbons (Fsp3) is 0.105. The van der Waals surface area contributed by atoms with E-state index in [2.05, 4.69) is 15.4 Å². The normalized spacial score (nSPS) is 10.9. The van der Waals surface area contributed by atoms with Crippen LogP contribution in [0.4, 0.5) is 0 Å². The molecule has 124 valence electrons. The fourth-order valence-electron chi connectivity index (χ4n) is 2.75. The second-order valence-corrected chi connectivity index (χ2v) is 5.81. The first-order valence-corrected chi connectivity index (χ1v) is 8.04. The highest BCUT2D eigenvalue weighted by atomic mass is 16.1. The number of fused-ring (bicyclic) bond motifs is 1. The van der Waals surface area contributed by atoms with Crippen LogP contribution >= 0.6 is 0 Å². The Morgan fingerprint density at radius 1 is 1.08 bits per heavy atom. The molecule has 0 radical (unpaired) electrons. The predicted molar refractivity (Wildman–Crippen MR) is 94.1 cm³/mol. The summed E-state index contributed by atoms with van der Waals surface area (Å²) in [6.07, 6.45) is 9.11. The standard InChI is InChI=1S/C19H17N5O/c25-19(21-11-17-12-22-24-9-2-1-3-18(17)24)16-6-4-15(5-7-16)13-23-10-8-20-14-23/h1-10,12,14H,11,13H2,(H,21,25). The molecule has 3 heterocycles. The van der Waals surface area contributed by atoms with Gasteiger partial charge in [0.1, 0.15) is 0 Å². The number of benzene rings is 1. The number of carbonyl (C=O) groups excluding carboxylic acids is 1. The molecule has 0 aliphatic heterocycles. The van der Waals surface area contributed by atoms with Crippen molar-refractivity contribution < 1.29 is 4.79 Å². The molecule has 0 atom stereocenters. The molecule has 1 amide bonds. The third-order valence-electron chi connectivity index (χ3n) is 4.09. The minimum Gasteiger partial charge on any atom is -0.348 e. The monoisotopic (exact) mass is 331 g/mol. The summed E-state index contributed by atoms with van der Waals surface area (Å²) in [4.78, 5) is 16.4. The van der Waals surface area contributed by atoms with E-state index in [4.69, 9.17) is 0 Å². The van der Waals surface area contributed by atoms with E-state index in [1.54, 1.807) is 23.2 Å². The summed E-state index contributed by atoms with van der Waals surface area (Å²) in [5.41, 5.74) is 3.76. The van der Waals surface area contributed by atoms with Gasteiger partial charge in [-0.2, -0.15) is 5.10 Å². The Kier molecular flexibility index (Phi) is 4.00. The van der Waals surface area contributed by atoms with Gasteiger partial charge in [-0.1, -0.05) is 18.2 Å². The summed E-state index contributed by atoms with van der Waals surface area (Å²) < 4.78 is 3.78. The molecule has 0 aliphatic rings. The number of rotatable bonds is 5. The van der Waals surface area contributed by atoms with Gasteiger partial charge in [-0.05, 0) is 29.8 Å². The molecule has 0 aliphatic carbocycles. The van der Waals surface area contributed by atoms with Gasteiger partial charge < -0.3 is 9.88 Å². The van der Waals surface area contributed by atoms with Gasteiger partial charge in [-0.25, -0.2) is 9.50 Å². The lowest BCUT2D eigenvalue weighted by Crippen LogP contribution is -2.22. The van der Waals surface area contributed by atoms with Crippen LogP contribution in [0.2, 0.25) is 0 Å². The number of aromatic nitrogens is 4. The van der Waals surface area contributed by atoms with E-state index in [0.29, 0.717) is 12.1 Å². The van der Waals surface area contributed by atoms with Gasteiger partial charge in [0.05, 0.1) is 18.0 Å². The van der Waals surface area contributed by atoms with Gasteiger partial charge in [-0.15, -0.1) is 0 Å². The molecule has 6 heteroatoms. The highest BCUT2D eigenvalue weighted by molar-refractivity contribution is 5.94. The maximum atomic E-state index is 12.4. The molecule has 0 spiro atoms. The summed E-state index contributed by atoms with van der Waals surface area (Å²) in [7, 11) is 0. The molecule has 6 nitrogen and oxygen atoms in total. The second kappa shape index (κ2) is 6.60. The van der Waals surface area contributed by atoms with Crippen LogP contribution in [-0.2, 0) is 13.1 Å². The van der Waals surface area contributed by atoms with E-state index in [0.717, 1.165) is 23.2 Å². The Balaban J connectivity index is 1.41. The Morgan fingerprint density at radius 2 is 1.96 bits per heavy atom. The molecule has 4 aromatic rings. The molecule has 0 bridgehead atoms. The van der Waals surface area contributed by atoms with Crippen molar-refractivity contribution in [3.63, 3.8) is 0 Å². The number of nitrogens with zero attached hydrogens (tertiary/aromatic N) is 4. The van der Waals surface area contributed by atoms with Crippen LogP contribution in [0.3, 0.4) is 0 Å². The average molecular weight is 331 g/mol. The summed E-state index contributed by atoms with van der Waals surface area (Å²) in [6.45, 7) is 1.19. The van der Waals surface area contributed by atoms with E-state index in [1.807, 2.05) is 59.4 Å². The first-order chi connectivity index (χ1) is 12.3. The number of hydrogen-bond donors (Lipinski definition) is 1. The maximum Gasteiger partial charge on any atom is 0.251 e. The smallest absolute Gasteiger partial charge is 0.251 e. The Hall–Kier alpha value is -3.41. The molecule has 0 saturated carbocycles. The number of carbonyl (C=O) groups is 1. The van der Waals surface area contributed by atoms with Crippen LogP contribution in [0.15, 0.2) is 73.6 Å². The topological polar surface area (TPSA) is 64.2 Å². The van der Waals surface area contributed by atoms with Crippen LogP contribution in [0.5, 0.6) is 0 Å². The van der Waals surface area contributed by atoms with Crippen molar-refractivity contribution >= 4 is 11.4 Å². The molecular weight excluding hydrogens is 314 g/mol. The van der Waals surface area contributed by atoms with E-state index < -0.39 is 0 Å². The lowest BCUT2D eigenvalue weighted by molar-refractivity contribution is 0.0951. The molecule has 1 N–H and O–H groups in total. The Morgan fingerprint density at radius 3 is 2.76 bits per heavy atom. The molecule has 25 heavy (non-hydrogen) atoms. The van der Waals surface area contributed by atoms with Crippen LogP contribution in [0, 0.1) is 0 Å². The average Bonchev–Trinajstić information content (AvgIpc) is 3.30. The first-order valence-electron chi connectivity index (χ1n) is 8.04. The summed E-state index contributed by atoms with van der Waals surface area (Å²) in [5, 5.41) is 7.23. The molecule has 1 aromatic carbocycles. The van der Waals surface area contributed by atoms with E-state index in [1.165, 1.54) is 0 Å². The zero-order chi connectivity index (χ0) is 17.1. The van der Waals surface area contributed by atoms with Crippen molar-refractivity contribution in [2.24, 2.45) is 0 Å². The molecule has 3 aromatic heterocycles. The summed E-state index contributed by atoms with van der Waals surface area (Å²) >= 11 is 0. The number of imidazole rings is 1. The lowest BCUT2D eigenvalue weighted by atomic mass is 10.1. The van der Waals surface area contributed by atoms with Gasteiger partial charge in [-0.3, -0.25) is 4.79 Å². The highest BCUT2D eigenvalue weighted by Gasteiger charge is 2.08. The van der Waals surface area contributed by atoms with Crippen LogP contribution < -0.4 is 5.32 Å². The molecule has 0 saturated heterocycles. The van der Waals surface area contributed by atoms with Gasteiger partial charge in [0.2, 0.25) is 0 Å². The van der Waals surface area contributed by atoms with Crippen LogP contribution in [-0.4, -0.2) is 25.1 Å². The minimum atomic E-state index is -0.0931. The van der Waals surface area contributed by atoms with Crippen LogP contribution in [0.25, 0.3) is 5.52 Å². The van der Waals surface area contributed by atoms with E-state index >= 15 is 0 Å². The zero-order valence-electron chi connectivity index (χ0n) is 13.5. The SMILES string of the molecule is O=C(NCc1cnn2ccccc12)c1ccc(Cn2ccnc2)cc1. The summed E-state index contributed by atoms with van der Waals surface area (Å²) in [5.74, 6) is -0.0931. The van der Waals surface area contributed by atoms with Crippen molar-refractivity contribution in [2.75, 3.05) is 0 Å². The number of nitrogens with one attached hydrogen (secondary N) is 1. The Bertz CT molecular complexity index is 986. The minimum absolute atomic E-state index is 0.0931. The quantitative estimate of drug-likeness (QED) is 0.611. The lowest BCUT2D eigenvalue weighted by Gasteiger charge is -2.06. The van der Waals surface area contributed by atoms with Crippen molar-refractivity contribution in [3.8, 4) is 0 Å². The highest BCUT2D eigenvalue weighted by Crippen LogP contribution is 2.11. The largest absolute Gasteiger partial charge is 0.348 e. The number of amides is 1. The number of hydrogen-bond acceptors (Lipinski definition) is 3.